The van der Waals surface area contributed by atoms with Crippen molar-refractivity contribution in [3.05, 3.63) is 63.9 Å². The van der Waals surface area contributed by atoms with Gasteiger partial charge in [-0.1, -0.05) is 28.1 Å². The first-order valence-electron chi connectivity index (χ1n) is 6.86. The number of likely N-dealkylation sites (N-methyl/N-ethyl adjacent to an activating group) is 1. The summed E-state index contributed by atoms with van der Waals surface area (Å²) in [4.78, 5) is 0. The molecule has 1 atom stereocenters. The summed E-state index contributed by atoms with van der Waals surface area (Å²) < 4.78 is 19.9. The summed E-state index contributed by atoms with van der Waals surface area (Å²) in [5.41, 5.74) is 1.92. The molecule has 0 heterocycles. The van der Waals surface area contributed by atoms with Crippen molar-refractivity contribution in [1.29, 1.82) is 0 Å². The van der Waals surface area contributed by atoms with Crippen molar-refractivity contribution < 1.29 is 9.13 Å². The maximum Gasteiger partial charge on any atom is 0.126 e. The van der Waals surface area contributed by atoms with E-state index in [-0.39, 0.29) is 11.9 Å². The van der Waals surface area contributed by atoms with Gasteiger partial charge in [0.2, 0.25) is 0 Å². The Kier molecular flexibility index (Phi) is 5.76. The number of rotatable bonds is 6. The summed E-state index contributed by atoms with van der Waals surface area (Å²) in [5.74, 6) is 0.686. The molecule has 4 heteroatoms. The average molecular weight is 352 g/mol. The van der Waals surface area contributed by atoms with Crippen LogP contribution in [0.25, 0.3) is 0 Å². The molecule has 1 N–H and O–H groups in total. The van der Waals surface area contributed by atoms with Gasteiger partial charge in [-0.3, -0.25) is 0 Å². The van der Waals surface area contributed by atoms with Gasteiger partial charge in [-0.15, -0.1) is 0 Å². The van der Waals surface area contributed by atoms with Crippen LogP contribution in [0.15, 0.2) is 46.9 Å². The molecule has 112 valence electrons. The first-order valence-corrected chi connectivity index (χ1v) is 7.66. The van der Waals surface area contributed by atoms with Gasteiger partial charge in [0, 0.05) is 10.5 Å². The molecule has 0 saturated heterocycles. The topological polar surface area (TPSA) is 21.3 Å². The van der Waals surface area contributed by atoms with Gasteiger partial charge >= 0.3 is 0 Å². The number of ether oxygens (including phenoxy) is 1. The third kappa shape index (κ3) is 4.55. The molecule has 0 bridgehead atoms. The SMILES string of the molecule is CNC(Cc1ccc(OC)cc1)Cc1cc(Br)ccc1F. The normalized spacial score (nSPS) is 12.2. The van der Waals surface area contributed by atoms with Gasteiger partial charge in [0.25, 0.3) is 0 Å². The molecule has 0 aliphatic carbocycles. The van der Waals surface area contributed by atoms with Gasteiger partial charge in [-0.25, -0.2) is 4.39 Å². The highest BCUT2D eigenvalue weighted by Gasteiger charge is 2.12. The number of methoxy groups -OCH3 is 1. The fraction of sp³-hybridized carbons (Fsp3) is 0.294. The van der Waals surface area contributed by atoms with Crippen molar-refractivity contribution in [2.75, 3.05) is 14.2 Å². The van der Waals surface area contributed by atoms with E-state index >= 15 is 0 Å². The van der Waals surface area contributed by atoms with Gasteiger partial charge in [-0.05, 0) is 61.3 Å². The Bertz CT molecular complexity index is 586. The van der Waals surface area contributed by atoms with Gasteiger partial charge in [0.05, 0.1) is 7.11 Å². The Morgan fingerprint density at radius 3 is 2.48 bits per heavy atom. The molecule has 0 saturated carbocycles. The van der Waals surface area contributed by atoms with Crippen molar-refractivity contribution in [3.63, 3.8) is 0 Å². The van der Waals surface area contributed by atoms with Crippen molar-refractivity contribution in [2.24, 2.45) is 0 Å². The fourth-order valence-corrected chi connectivity index (χ4v) is 2.70. The van der Waals surface area contributed by atoms with Crippen LogP contribution in [0.4, 0.5) is 4.39 Å². The summed E-state index contributed by atoms with van der Waals surface area (Å²) >= 11 is 3.39. The van der Waals surface area contributed by atoms with Gasteiger partial charge in [-0.2, -0.15) is 0 Å². The molecule has 0 fully saturated rings. The number of nitrogens with one attached hydrogen (secondary N) is 1. The summed E-state index contributed by atoms with van der Waals surface area (Å²) in [6.45, 7) is 0. The second-order valence-electron chi connectivity index (χ2n) is 4.98. The summed E-state index contributed by atoms with van der Waals surface area (Å²) in [6.07, 6.45) is 1.49. The van der Waals surface area contributed by atoms with E-state index in [0.29, 0.717) is 6.42 Å². The summed E-state index contributed by atoms with van der Waals surface area (Å²) in [5, 5.41) is 3.26. The van der Waals surface area contributed by atoms with Crippen LogP contribution in [-0.2, 0) is 12.8 Å². The van der Waals surface area contributed by atoms with Crippen LogP contribution in [-0.4, -0.2) is 20.2 Å². The second kappa shape index (κ2) is 7.57. The van der Waals surface area contributed by atoms with Gasteiger partial charge in [0.1, 0.15) is 11.6 Å². The van der Waals surface area contributed by atoms with Crippen LogP contribution in [0.2, 0.25) is 0 Å². The molecule has 1 unspecified atom stereocenters. The third-order valence-corrected chi connectivity index (χ3v) is 4.02. The van der Waals surface area contributed by atoms with Crippen LogP contribution in [0.1, 0.15) is 11.1 Å². The number of hydrogen-bond donors (Lipinski definition) is 1. The predicted octanol–water partition coefficient (Wildman–Crippen LogP) is 3.97. The first-order chi connectivity index (χ1) is 10.1. The predicted molar refractivity (Wildman–Crippen MR) is 87.3 cm³/mol. The maximum atomic E-state index is 13.8. The molecular formula is C17H19BrFNO. The lowest BCUT2D eigenvalue weighted by molar-refractivity contribution is 0.414. The van der Waals surface area contributed by atoms with Gasteiger partial charge in [0.15, 0.2) is 0 Å². The third-order valence-electron chi connectivity index (χ3n) is 3.52. The molecule has 0 aromatic heterocycles. The molecule has 2 aromatic rings. The average Bonchev–Trinajstić information content (AvgIpc) is 2.51. The van der Waals surface area contributed by atoms with E-state index in [2.05, 4.69) is 21.2 Å². The zero-order valence-electron chi connectivity index (χ0n) is 12.2. The van der Waals surface area contributed by atoms with Gasteiger partial charge < -0.3 is 10.1 Å². The van der Waals surface area contributed by atoms with Crippen molar-refractivity contribution in [2.45, 2.75) is 18.9 Å². The van der Waals surface area contributed by atoms with E-state index in [1.54, 1.807) is 13.2 Å². The number of halogens is 2. The van der Waals surface area contributed by atoms with E-state index < -0.39 is 0 Å². The smallest absolute Gasteiger partial charge is 0.126 e. The van der Waals surface area contributed by atoms with Crippen molar-refractivity contribution in [1.82, 2.24) is 5.32 Å². The number of benzene rings is 2. The number of hydrogen-bond acceptors (Lipinski definition) is 2. The molecule has 0 amide bonds. The Morgan fingerprint density at radius 2 is 1.86 bits per heavy atom. The molecule has 2 rings (SSSR count). The molecule has 0 spiro atoms. The quantitative estimate of drug-likeness (QED) is 0.850. The van der Waals surface area contributed by atoms with E-state index in [1.165, 1.54) is 11.6 Å². The van der Waals surface area contributed by atoms with Crippen LogP contribution in [0, 0.1) is 5.82 Å². The molecule has 0 radical (unpaired) electrons. The Balaban J connectivity index is 2.07. The summed E-state index contributed by atoms with van der Waals surface area (Å²) in [6, 6.07) is 13.2. The maximum absolute atomic E-state index is 13.8. The van der Waals surface area contributed by atoms with Crippen LogP contribution in [0.5, 0.6) is 5.75 Å². The zero-order valence-corrected chi connectivity index (χ0v) is 13.8. The minimum absolute atomic E-state index is 0.159. The fourth-order valence-electron chi connectivity index (χ4n) is 2.29. The Labute approximate surface area is 133 Å². The van der Waals surface area contributed by atoms with E-state index in [1.807, 2.05) is 37.4 Å². The first kappa shape index (κ1) is 16.0. The highest BCUT2D eigenvalue weighted by atomic mass is 79.9. The molecular weight excluding hydrogens is 333 g/mol. The second-order valence-corrected chi connectivity index (χ2v) is 5.89. The standard InChI is InChI=1S/C17H19BrFNO/c1-20-15(9-12-3-6-16(21-2)7-4-12)11-13-10-14(18)5-8-17(13)19/h3-8,10,15,20H,9,11H2,1-2H3. The lowest BCUT2D eigenvalue weighted by Gasteiger charge is -2.17. The van der Waals surface area contributed by atoms with Crippen molar-refractivity contribution in [3.8, 4) is 5.75 Å². The van der Waals surface area contributed by atoms with Crippen LogP contribution in [0.3, 0.4) is 0 Å². The van der Waals surface area contributed by atoms with Crippen molar-refractivity contribution >= 4 is 15.9 Å². The van der Waals surface area contributed by atoms with E-state index in [0.717, 1.165) is 22.2 Å². The largest absolute Gasteiger partial charge is 0.497 e. The minimum Gasteiger partial charge on any atom is -0.497 e. The van der Waals surface area contributed by atoms with E-state index in [9.17, 15) is 4.39 Å². The molecule has 21 heavy (non-hydrogen) atoms. The summed E-state index contributed by atoms with van der Waals surface area (Å²) in [7, 11) is 3.56. The molecule has 0 aliphatic rings. The highest BCUT2D eigenvalue weighted by molar-refractivity contribution is 9.10. The molecule has 2 aromatic carbocycles. The van der Waals surface area contributed by atoms with E-state index in [4.69, 9.17) is 4.74 Å². The Hall–Kier alpha value is -1.39. The lowest BCUT2D eigenvalue weighted by atomic mass is 9.99. The monoisotopic (exact) mass is 351 g/mol. The molecule has 0 aliphatic heterocycles. The van der Waals surface area contributed by atoms with Crippen LogP contribution >= 0.6 is 15.9 Å². The Morgan fingerprint density at radius 1 is 1.14 bits per heavy atom. The van der Waals surface area contributed by atoms with Crippen LogP contribution < -0.4 is 10.1 Å². The molecule has 2 nitrogen and oxygen atoms in total. The zero-order chi connectivity index (χ0) is 15.2. The lowest BCUT2D eigenvalue weighted by Crippen LogP contribution is -2.30. The minimum atomic E-state index is -0.159. The highest BCUT2D eigenvalue weighted by Crippen LogP contribution is 2.19.